The van der Waals surface area contributed by atoms with Gasteiger partial charge in [0.2, 0.25) is 5.82 Å². The number of methoxy groups -OCH3 is 1. The lowest BCUT2D eigenvalue weighted by atomic mass is 9.97. The molecule has 0 bridgehead atoms. The number of aromatic nitrogens is 4. The summed E-state index contributed by atoms with van der Waals surface area (Å²) in [6.45, 7) is 2.58. The minimum Gasteiger partial charge on any atom is -0.496 e. The summed E-state index contributed by atoms with van der Waals surface area (Å²) in [6.07, 6.45) is 3.60. The van der Waals surface area contributed by atoms with Gasteiger partial charge in [0.1, 0.15) is 22.8 Å². The van der Waals surface area contributed by atoms with E-state index < -0.39 is 11.9 Å². The van der Waals surface area contributed by atoms with Crippen molar-refractivity contribution in [2.45, 2.75) is 19.4 Å². The van der Waals surface area contributed by atoms with Crippen LogP contribution in [0.1, 0.15) is 40.9 Å². The van der Waals surface area contributed by atoms with Gasteiger partial charge in [0.05, 0.1) is 19.8 Å². The average Bonchev–Trinajstić information content (AvgIpc) is 2.95. The lowest BCUT2D eigenvalue weighted by Crippen LogP contribution is -2.30. The van der Waals surface area contributed by atoms with Gasteiger partial charge in [-0.3, -0.25) is 4.79 Å². The van der Waals surface area contributed by atoms with Crippen molar-refractivity contribution in [3.8, 4) is 23.0 Å². The first kappa shape index (κ1) is 25.2. The SMILES string of the molecule is CCCOc1ccc(C(NC(=O)c2cnc(-c3cccnn3)nc2N=O)c2ccc(N)cc2)c(OC)c1. The molecule has 0 spiro atoms. The van der Waals surface area contributed by atoms with Crippen molar-refractivity contribution in [2.75, 3.05) is 19.5 Å². The summed E-state index contributed by atoms with van der Waals surface area (Å²) < 4.78 is 11.4. The molecule has 1 amide bonds. The van der Waals surface area contributed by atoms with Crippen molar-refractivity contribution in [1.82, 2.24) is 25.5 Å². The van der Waals surface area contributed by atoms with Crippen LogP contribution in [0.4, 0.5) is 11.5 Å². The Bertz CT molecular complexity index is 1380. The summed E-state index contributed by atoms with van der Waals surface area (Å²) in [5.74, 6) is 0.359. The fraction of sp³-hybridized carbons (Fsp3) is 0.192. The standard InChI is InChI=1S/C26H25N7O4/c1-3-13-37-18-10-11-19(22(14-18)36-2)23(16-6-8-17(27)9-7-16)30-26(34)20-15-28-25(31-24(20)33-35)21-5-4-12-29-32-21/h4-12,14-15,23H,3,13,27H2,1-2H3,(H,30,34). The molecule has 3 N–H and O–H groups in total. The first-order chi connectivity index (χ1) is 18.0. The number of amides is 1. The van der Waals surface area contributed by atoms with Gasteiger partial charge in [-0.25, -0.2) is 9.97 Å². The molecule has 0 aliphatic rings. The van der Waals surface area contributed by atoms with Crippen molar-refractivity contribution in [3.05, 3.63) is 88.6 Å². The molecule has 11 nitrogen and oxygen atoms in total. The highest BCUT2D eigenvalue weighted by Gasteiger charge is 2.25. The van der Waals surface area contributed by atoms with E-state index in [1.54, 1.807) is 48.5 Å². The first-order valence-corrected chi connectivity index (χ1v) is 11.5. The van der Waals surface area contributed by atoms with E-state index >= 15 is 0 Å². The van der Waals surface area contributed by atoms with E-state index in [0.717, 1.165) is 12.0 Å². The Labute approximate surface area is 213 Å². The second-order valence-corrected chi connectivity index (χ2v) is 7.96. The molecule has 0 radical (unpaired) electrons. The number of anilines is 1. The monoisotopic (exact) mass is 499 g/mol. The molecule has 0 fully saturated rings. The number of hydrogen-bond donors (Lipinski definition) is 2. The Kier molecular flexibility index (Phi) is 7.94. The first-order valence-electron chi connectivity index (χ1n) is 11.5. The molecule has 2 aromatic heterocycles. The number of ether oxygens (including phenoxy) is 2. The van der Waals surface area contributed by atoms with Gasteiger partial charge in [0.15, 0.2) is 5.82 Å². The molecular formula is C26H25N7O4. The largest absolute Gasteiger partial charge is 0.496 e. The Morgan fingerprint density at radius 1 is 1.16 bits per heavy atom. The number of nitroso groups, excluding NO2 is 1. The van der Waals surface area contributed by atoms with Crippen LogP contribution in [0.15, 0.2) is 72.2 Å². The van der Waals surface area contributed by atoms with Gasteiger partial charge in [-0.15, -0.1) is 10.0 Å². The zero-order valence-electron chi connectivity index (χ0n) is 20.3. The van der Waals surface area contributed by atoms with Crippen LogP contribution in [0, 0.1) is 4.91 Å². The molecule has 2 heterocycles. The van der Waals surface area contributed by atoms with Crippen LogP contribution in [0.5, 0.6) is 11.5 Å². The number of nitrogens with zero attached hydrogens (tertiary/aromatic N) is 5. The second-order valence-electron chi connectivity index (χ2n) is 7.96. The number of carbonyl (C=O) groups excluding carboxylic acids is 1. The summed E-state index contributed by atoms with van der Waals surface area (Å²) in [5, 5.41) is 13.6. The van der Waals surface area contributed by atoms with Gasteiger partial charge in [0.25, 0.3) is 5.91 Å². The minimum atomic E-state index is -0.664. The Morgan fingerprint density at radius 3 is 2.65 bits per heavy atom. The summed E-state index contributed by atoms with van der Waals surface area (Å²) in [4.78, 5) is 33.3. The van der Waals surface area contributed by atoms with Gasteiger partial charge in [-0.2, -0.15) is 5.10 Å². The van der Waals surface area contributed by atoms with Crippen molar-refractivity contribution >= 4 is 17.4 Å². The number of carbonyl (C=O) groups is 1. The van der Waals surface area contributed by atoms with Crippen LogP contribution in [0.25, 0.3) is 11.5 Å². The molecule has 188 valence electrons. The predicted molar refractivity (Wildman–Crippen MR) is 137 cm³/mol. The molecule has 4 rings (SSSR count). The number of nitrogens with two attached hydrogens (primary N) is 1. The van der Waals surface area contributed by atoms with Crippen molar-refractivity contribution in [3.63, 3.8) is 0 Å². The van der Waals surface area contributed by atoms with Crippen LogP contribution in [-0.2, 0) is 0 Å². The number of rotatable bonds is 10. The van der Waals surface area contributed by atoms with Gasteiger partial charge < -0.3 is 20.5 Å². The molecule has 2 aromatic carbocycles. The molecule has 0 aliphatic carbocycles. The van der Waals surface area contributed by atoms with E-state index in [1.807, 2.05) is 13.0 Å². The molecule has 0 aliphatic heterocycles. The quantitative estimate of drug-likeness (QED) is 0.241. The average molecular weight is 500 g/mol. The number of nitrogens with one attached hydrogen (secondary N) is 1. The van der Waals surface area contributed by atoms with Crippen LogP contribution in [-0.4, -0.2) is 39.8 Å². The highest BCUT2D eigenvalue weighted by molar-refractivity contribution is 5.98. The van der Waals surface area contributed by atoms with Gasteiger partial charge >= 0.3 is 0 Å². The van der Waals surface area contributed by atoms with Gasteiger partial charge in [-0.1, -0.05) is 19.1 Å². The fourth-order valence-corrected chi connectivity index (χ4v) is 3.62. The zero-order valence-corrected chi connectivity index (χ0v) is 20.3. The smallest absolute Gasteiger partial charge is 0.257 e. The number of nitrogen functional groups attached to an aromatic ring is 1. The Morgan fingerprint density at radius 2 is 1.97 bits per heavy atom. The molecular weight excluding hydrogens is 474 g/mol. The molecule has 4 aromatic rings. The second kappa shape index (κ2) is 11.7. The van der Waals surface area contributed by atoms with Crippen molar-refractivity contribution in [2.24, 2.45) is 5.18 Å². The topological polar surface area (TPSA) is 155 Å². The lowest BCUT2D eigenvalue weighted by Gasteiger charge is -2.23. The number of hydrogen-bond acceptors (Lipinski definition) is 10. The van der Waals surface area contributed by atoms with Crippen LogP contribution in [0.2, 0.25) is 0 Å². The summed E-state index contributed by atoms with van der Waals surface area (Å²) in [7, 11) is 1.54. The van der Waals surface area contributed by atoms with Crippen molar-refractivity contribution in [1.29, 1.82) is 0 Å². The van der Waals surface area contributed by atoms with E-state index in [0.29, 0.717) is 35.1 Å². The van der Waals surface area contributed by atoms with E-state index in [2.05, 4.69) is 30.7 Å². The normalized spacial score (nSPS) is 11.4. The Balaban J connectivity index is 1.71. The van der Waals surface area contributed by atoms with E-state index in [1.165, 1.54) is 19.5 Å². The maximum atomic E-state index is 13.4. The Hall–Kier alpha value is -4.93. The fourth-order valence-electron chi connectivity index (χ4n) is 3.62. The molecule has 37 heavy (non-hydrogen) atoms. The van der Waals surface area contributed by atoms with E-state index in [4.69, 9.17) is 15.2 Å². The molecule has 1 unspecified atom stereocenters. The van der Waals surface area contributed by atoms with Gasteiger partial charge in [0, 0.05) is 29.7 Å². The molecule has 0 saturated carbocycles. The zero-order chi connectivity index (χ0) is 26.2. The lowest BCUT2D eigenvalue weighted by molar-refractivity contribution is 0.0942. The van der Waals surface area contributed by atoms with Crippen molar-refractivity contribution < 1.29 is 14.3 Å². The van der Waals surface area contributed by atoms with Crippen LogP contribution < -0.4 is 20.5 Å². The molecule has 0 saturated heterocycles. The van der Waals surface area contributed by atoms with E-state index in [-0.39, 0.29) is 17.2 Å². The summed E-state index contributed by atoms with van der Waals surface area (Å²) >= 11 is 0. The highest BCUT2D eigenvalue weighted by Crippen LogP contribution is 2.34. The predicted octanol–water partition coefficient (Wildman–Crippen LogP) is 4.23. The summed E-state index contributed by atoms with van der Waals surface area (Å²) in [6, 6.07) is 15.1. The van der Waals surface area contributed by atoms with Gasteiger partial charge in [-0.05, 0) is 53.6 Å². The minimum absolute atomic E-state index is 0.0926. The maximum Gasteiger partial charge on any atom is 0.257 e. The maximum absolute atomic E-state index is 13.4. The molecule has 1 atom stereocenters. The number of benzene rings is 2. The third-order valence-corrected chi connectivity index (χ3v) is 5.44. The van der Waals surface area contributed by atoms with Crippen LogP contribution >= 0.6 is 0 Å². The third kappa shape index (κ3) is 5.84. The highest BCUT2D eigenvalue weighted by atomic mass is 16.5. The third-order valence-electron chi connectivity index (χ3n) is 5.44. The molecule has 11 heteroatoms. The van der Waals surface area contributed by atoms with Crippen LogP contribution in [0.3, 0.4) is 0 Å². The summed E-state index contributed by atoms with van der Waals surface area (Å²) in [5.41, 5.74) is 8.11. The van der Waals surface area contributed by atoms with E-state index in [9.17, 15) is 9.70 Å².